The number of hydrogen-bond donors (Lipinski definition) is 1. The first kappa shape index (κ1) is 12.6. The predicted octanol–water partition coefficient (Wildman–Crippen LogP) is 2.42. The Kier molecular flexibility index (Phi) is 3.44. The standard InChI is InChI=1S/C14H11N3O2/c1-17(12-4-2-3-10(7-12)8-15)13-6-5-11(9-16-13)14(18)19/h2-7,9H,1H3,(H,18,19). The quantitative estimate of drug-likeness (QED) is 0.908. The lowest BCUT2D eigenvalue weighted by Crippen LogP contribution is -2.11. The van der Waals surface area contributed by atoms with Crippen molar-refractivity contribution in [3.8, 4) is 6.07 Å². The van der Waals surface area contributed by atoms with Crippen LogP contribution in [0, 0.1) is 11.3 Å². The lowest BCUT2D eigenvalue weighted by molar-refractivity contribution is 0.0696. The number of benzene rings is 1. The molecule has 19 heavy (non-hydrogen) atoms. The number of rotatable bonds is 3. The first-order chi connectivity index (χ1) is 9.11. The smallest absolute Gasteiger partial charge is 0.337 e. The average Bonchev–Trinajstić information content (AvgIpc) is 2.46. The van der Waals surface area contributed by atoms with Gasteiger partial charge in [-0.05, 0) is 30.3 Å². The van der Waals surface area contributed by atoms with Gasteiger partial charge in [-0.2, -0.15) is 5.26 Å². The van der Waals surface area contributed by atoms with E-state index in [2.05, 4.69) is 11.1 Å². The molecule has 5 nitrogen and oxygen atoms in total. The molecule has 1 aromatic carbocycles. The number of anilines is 2. The molecule has 0 saturated heterocycles. The van der Waals surface area contributed by atoms with E-state index < -0.39 is 5.97 Å². The summed E-state index contributed by atoms with van der Waals surface area (Å²) in [6, 6.07) is 12.3. The molecule has 2 aromatic rings. The van der Waals surface area contributed by atoms with E-state index in [1.54, 1.807) is 36.2 Å². The van der Waals surface area contributed by atoms with Crippen LogP contribution in [0.2, 0.25) is 0 Å². The number of nitriles is 1. The van der Waals surface area contributed by atoms with Crippen molar-refractivity contribution in [2.45, 2.75) is 0 Å². The summed E-state index contributed by atoms with van der Waals surface area (Å²) in [5.41, 5.74) is 1.52. The van der Waals surface area contributed by atoms with Gasteiger partial charge < -0.3 is 10.0 Å². The minimum absolute atomic E-state index is 0.142. The lowest BCUT2D eigenvalue weighted by atomic mass is 10.2. The number of carboxylic acid groups (broad SMARTS) is 1. The van der Waals surface area contributed by atoms with Crippen LogP contribution in [0.4, 0.5) is 11.5 Å². The third kappa shape index (κ3) is 2.69. The van der Waals surface area contributed by atoms with E-state index in [0.717, 1.165) is 5.69 Å². The van der Waals surface area contributed by atoms with Crippen molar-refractivity contribution in [1.82, 2.24) is 4.98 Å². The van der Waals surface area contributed by atoms with Gasteiger partial charge in [0.25, 0.3) is 0 Å². The van der Waals surface area contributed by atoms with Crippen molar-refractivity contribution in [1.29, 1.82) is 5.26 Å². The molecule has 0 unspecified atom stereocenters. The van der Waals surface area contributed by atoms with Crippen LogP contribution in [0.1, 0.15) is 15.9 Å². The van der Waals surface area contributed by atoms with Gasteiger partial charge in [0.1, 0.15) is 5.82 Å². The average molecular weight is 253 g/mol. The van der Waals surface area contributed by atoms with Gasteiger partial charge in [-0.25, -0.2) is 9.78 Å². The zero-order valence-corrected chi connectivity index (χ0v) is 10.2. The monoisotopic (exact) mass is 253 g/mol. The van der Waals surface area contributed by atoms with E-state index in [-0.39, 0.29) is 5.56 Å². The van der Waals surface area contributed by atoms with Crippen molar-refractivity contribution in [3.05, 3.63) is 53.7 Å². The van der Waals surface area contributed by atoms with E-state index in [9.17, 15) is 4.79 Å². The highest BCUT2D eigenvalue weighted by molar-refractivity contribution is 5.87. The van der Waals surface area contributed by atoms with Crippen molar-refractivity contribution in [3.63, 3.8) is 0 Å². The van der Waals surface area contributed by atoms with Gasteiger partial charge in [-0.1, -0.05) is 6.07 Å². The molecule has 0 aliphatic rings. The number of aromatic nitrogens is 1. The van der Waals surface area contributed by atoms with Gasteiger partial charge in [0.05, 0.1) is 17.2 Å². The van der Waals surface area contributed by atoms with E-state index in [1.807, 2.05) is 6.07 Å². The van der Waals surface area contributed by atoms with Crippen LogP contribution in [0.5, 0.6) is 0 Å². The summed E-state index contributed by atoms with van der Waals surface area (Å²) in [5, 5.41) is 17.7. The Morgan fingerprint density at radius 3 is 2.74 bits per heavy atom. The Morgan fingerprint density at radius 2 is 2.16 bits per heavy atom. The van der Waals surface area contributed by atoms with Crippen LogP contribution in [0.25, 0.3) is 0 Å². The van der Waals surface area contributed by atoms with Crippen molar-refractivity contribution < 1.29 is 9.90 Å². The molecule has 0 saturated carbocycles. The highest BCUT2D eigenvalue weighted by Gasteiger charge is 2.08. The van der Waals surface area contributed by atoms with E-state index in [1.165, 1.54) is 12.3 Å². The Bertz CT molecular complexity index is 644. The van der Waals surface area contributed by atoms with Gasteiger partial charge in [0, 0.05) is 18.9 Å². The van der Waals surface area contributed by atoms with E-state index >= 15 is 0 Å². The first-order valence-corrected chi connectivity index (χ1v) is 5.55. The summed E-state index contributed by atoms with van der Waals surface area (Å²) >= 11 is 0. The molecule has 0 amide bonds. The molecular weight excluding hydrogens is 242 g/mol. The van der Waals surface area contributed by atoms with Crippen LogP contribution >= 0.6 is 0 Å². The lowest BCUT2D eigenvalue weighted by Gasteiger charge is -2.18. The van der Waals surface area contributed by atoms with Gasteiger partial charge in [-0.3, -0.25) is 0 Å². The number of nitrogens with zero attached hydrogens (tertiary/aromatic N) is 3. The molecule has 0 aliphatic carbocycles. The van der Waals surface area contributed by atoms with Crippen molar-refractivity contribution in [2.75, 3.05) is 11.9 Å². The molecule has 0 spiro atoms. The minimum atomic E-state index is -1.01. The molecule has 0 bridgehead atoms. The molecule has 5 heteroatoms. The Hall–Kier alpha value is -2.87. The van der Waals surface area contributed by atoms with Crippen LogP contribution in [0.3, 0.4) is 0 Å². The minimum Gasteiger partial charge on any atom is -0.478 e. The normalized spacial score (nSPS) is 9.68. The number of pyridine rings is 1. The second-order valence-corrected chi connectivity index (χ2v) is 3.93. The zero-order chi connectivity index (χ0) is 13.8. The molecule has 2 rings (SSSR count). The molecule has 0 fully saturated rings. The highest BCUT2D eigenvalue weighted by atomic mass is 16.4. The molecular formula is C14H11N3O2. The third-order valence-electron chi connectivity index (χ3n) is 2.70. The van der Waals surface area contributed by atoms with Crippen LogP contribution < -0.4 is 4.90 Å². The zero-order valence-electron chi connectivity index (χ0n) is 10.2. The van der Waals surface area contributed by atoms with Gasteiger partial charge >= 0.3 is 5.97 Å². The molecule has 0 atom stereocenters. The van der Waals surface area contributed by atoms with Gasteiger partial charge in [-0.15, -0.1) is 0 Å². The number of hydrogen-bond acceptors (Lipinski definition) is 4. The number of carboxylic acids is 1. The fraction of sp³-hybridized carbons (Fsp3) is 0.0714. The first-order valence-electron chi connectivity index (χ1n) is 5.55. The summed E-state index contributed by atoms with van der Waals surface area (Å²) in [5.74, 6) is -0.395. The second-order valence-electron chi connectivity index (χ2n) is 3.93. The summed E-state index contributed by atoms with van der Waals surface area (Å²) in [4.78, 5) is 16.6. The Morgan fingerprint density at radius 1 is 1.37 bits per heavy atom. The maximum absolute atomic E-state index is 10.7. The molecule has 1 N–H and O–H groups in total. The van der Waals surface area contributed by atoms with Gasteiger partial charge in [0.15, 0.2) is 0 Å². The number of aromatic carboxylic acids is 1. The highest BCUT2D eigenvalue weighted by Crippen LogP contribution is 2.22. The predicted molar refractivity (Wildman–Crippen MR) is 70.4 cm³/mol. The van der Waals surface area contributed by atoms with Crippen LogP contribution in [0.15, 0.2) is 42.6 Å². The third-order valence-corrected chi connectivity index (χ3v) is 2.70. The Balaban J connectivity index is 2.30. The molecule has 1 heterocycles. The van der Waals surface area contributed by atoms with E-state index in [0.29, 0.717) is 11.4 Å². The summed E-state index contributed by atoms with van der Waals surface area (Å²) in [6.07, 6.45) is 1.31. The fourth-order valence-electron chi connectivity index (χ4n) is 1.63. The maximum atomic E-state index is 10.7. The molecule has 0 radical (unpaired) electrons. The van der Waals surface area contributed by atoms with Gasteiger partial charge in [0.2, 0.25) is 0 Å². The molecule has 1 aromatic heterocycles. The SMILES string of the molecule is CN(c1cccc(C#N)c1)c1ccc(C(=O)O)cn1. The largest absolute Gasteiger partial charge is 0.478 e. The van der Waals surface area contributed by atoms with Crippen LogP contribution in [-0.4, -0.2) is 23.1 Å². The fourth-order valence-corrected chi connectivity index (χ4v) is 1.63. The maximum Gasteiger partial charge on any atom is 0.337 e. The van der Waals surface area contributed by atoms with Crippen molar-refractivity contribution >= 4 is 17.5 Å². The summed E-state index contributed by atoms with van der Waals surface area (Å²) < 4.78 is 0. The topological polar surface area (TPSA) is 77.2 Å². The number of carbonyl (C=O) groups is 1. The summed E-state index contributed by atoms with van der Waals surface area (Å²) in [7, 11) is 1.80. The molecule has 94 valence electrons. The second kappa shape index (κ2) is 5.19. The van der Waals surface area contributed by atoms with E-state index in [4.69, 9.17) is 10.4 Å². The Labute approximate surface area is 110 Å². The van der Waals surface area contributed by atoms with Crippen molar-refractivity contribution in [2.24, 2.45) is 0 Å². The molecule has 0 aliphatic heterocycles. The van der Waals surface area contributed by atoms with Crippen LogP contribution in [-0.2, 0) is 0 Å². The summed E-state index contributed by atoms with van der Waals surface area (Å²) in [6.45, 7) is 0.